The van der Waals surface area contributed by atoms with E-state index < -0.39 is 11.8 Å². The lowest BCUT2D eigenvalue weighted by molar-refractivity contribution is 0.0206. The second-order valence-corrected chi connectivity index (χ2v) is 4.96. The Morgan fingerprint density at radius 3 is 2.31 bits per heavy atom. The molecule has 0 aromatic heterocycles. The summed E-state index contributed by atoms with van der Waals surface area (Å²) >= 11 is 11.5. The Morgan fingerprint density at radius 2 is 1.81 bits per heavy atom. The molecule has 0 atom stereocenters. The fourth-order valence-electron chi connectivity index (χ4n) is 0.907. The minimum Gasteiger partial charge on any atom is -0.428 e. The highest BCUT2D eigenvalue weighted by Crippen LogP contribution is 2.26. The maximum atomic E-state index is 11.3. The molecule has 1 aromatic carbocycles. The van der Waals surface area contributed by atoms with Crippen LogP contribution in [0.5, 0.6) is 5.75 Å². The monoisotopic (exact) mass is 262 g/mol. The molecule has 16 heavy (non-hydrogen) atoms. The highest BCUT2D eigenvalue weighted by atomic mass is 35.5. The van der Waals surface area contributed by atoms with Gasteiger partial charge in [-0.1, -0.05) is 23.2 Å². The van der Waals surface area contributed by atoms with Crippen LogP contribution < -0.4 is 4.74 Å². The van der Waals surface area contributed by atoms with Gasteiger partial charge in [-0.15, -0.1) is 0 Å². The molecule has 1 aromatic rings. The molecule has 0 amide bonds. The van der Waals surface area contributed by atoms with Crippen molar-refractivity contribution in [2.24, 2.45) is 0 Å². The van der Waals surface area contributed by atoms with Gasteiger partial charge >= 0.3 is 6.16 Å². The van der Waals surface area contributed by atoms with Crippen LogP contribution in [0.15, 0.2) is 18.2 Å². The lowest BCUT2D eigenvalue weighted by Gasteiger charge is -2.18. The van der Waals surface area contributed by atoms with Crippen LogP contribution >= 0.6 is 23.2 Å². The first-order valence-corrected chi connectivity index (χ1v) is 5.39. The summed E-state index contributed by atoms with van der Waals surface area (Å²) in [5, 5.41) is 0.723. The van der Waals surface area contributed by atoms with Crippen LogP contribution in [0.25, 0.3) is 0 Å². The first-order chi connectivity index (χ1) is 7.28. The molecular weight excluding hydrogens is 251 g/mol. The molecule has 0 bridgehead atoms. The molecule has 0 N–H and O–H groups in total. The predicted octanol–water partition coefficient (Wildman–Crippen LogP) is 4.31. The van der Waals surface area contributed by atoms with E-state index in [2.05, 4.69) is 0 Å². The van der Waals surface area contributed by atoms with Crippen molar-refractivity contribution in [2.75, 3.05) is 0 Å². The van der Waals surface area contributed by atoms with Crippen LogP contribution in [0.3, 0.4) is 0 Å². The van der Waals surface area contributed by atoms with Crippen molar-refractivity contribution < 1.29 is 14.3 Å². The van der Waals surface area contributed by atoms with Crippen molar-refractivity contribution in [2.45, 2.75) is 26.4 Å². The Kier molecular flexibility index (Phi) is 4.05. The van der Waals surface area contributed by atoms with Crippen molar-refractivity contribution in [1.29, 1.82) is 0 Å². The zero-order chi connectivity index (χ0) is 12.3. The average Bonchev–Trinajstić information content (AvgIpc) is 2.08. The summed E-state index contributed by atoms with van der Waals surface area (Å²) in [4.78, 5) is 11.3. The summed E-state index contributed by atoms with van der Waals surface area (Å²) in [6, 6.07) is 4.54. The molecular formula is C11H12Cl2O3. The molecule has 0 aliphatic rings. The molecule has 0 spiro atoms. The van der Waals surface area contributed by atoms with E-state index >= 15 is 0 Å². The zero-order valence-corrected chi connectivity index (χ0v) is 10.7. The Balaban J connectivity index is 2.67. The molecule has 3 nitrogen and oxygen atoms in total. The van der Waals surface area contributed by atoms with Crippen LogP contribution in [0, 0.1) is 0 Å². The largest absolute Gasteiger partial charge is 0.514 e. The maximum absolute atomic E-state index is 11.3. The summed E-state index contributed by atoms with van der Waals surface area (Å²) in [6.07, 6.45) is -0.772. The molecule has 0 radical (unpaired) electrons. The molecule has 0 aliphatic heterocycles. The molecule has 0 unspecified atom stereocenters. The standard InChI is InChI=1S/C11H12Cl2O3/c1-11(2,3)16-10(14)15-7-4-5-8(12)9(13)6-7/h4-6H,1-3H3. The number of carbonyl (C=O) groups is 1. The van der Waals surface area contributed by atoms with E-state index in [4.69, 9.17) is 32.7 Å². The molecule has 5 heteroatoms. The van der Waals surface area contributed by atoms with Gasteiger partial charge in [0, 0.05) is 6.07 Å². The first kappa shape index (κ1) is 13.1. The van der Waals surface area contributed by atoms with Crippen molar-refractivity contribution in [3.05, 3.63) is 28.2 Å². The molecule has 1 rings (SSSR count). The number of hydrogen-bond acceptors (Lipinski definition) is 3. The lowest BCUT2D eigenvalue weighted by atomic mass is 10.2. The van der Waals surface area contributed by atoms with E-state index in [-0.39, 0.29) is 0 Å². The van der Waals surface area contributed by atoms with Gasteiger partial charge in [0.2, 0.25) is 0 Å². The van der Waals surface area contributed by atoms with E-state index in [9.17, 15) is 4.79 Å². The summed E-state index contributed by atoms with van der Waals surface area (Å²) in [7, 11) is 0. The topological polar surface area (TPSA) is 35.5 Å². The highest BCUT2D eigenvalue weighted by molar-refractivity contribution is 6.42. The van der Waals surface area contributed by atoms with Crippen LogP contribution in [-0.2, 0) is 4.74 Å². The Labute approximate surface area is 104 Å². The number of halogens is 2. The molecule has 0 heterocycles. The molecule has 0 saturated carbocycles. The average molecular weight is 263 g/mol. The third-order valence-corrected chi connectivity index (χ3v) is 2.22. The minimum absolute atomic E-state index is 0.295. The van der Waals surface area contributed by atoms with Crippen LogP contribution in [0.2, 0.25) is 10.0 Å². The van der Waals surface area contributed by atoms with Gasteiger partial charge < -0.3 is 9.47 Å². The second kappa shape index (κ2) is 4.93. The van der Waals surface area contributed by atoms with Crippen LogP contribution in [-0.4, -0.2) is 11.8 Å². The van der Waals surface area contributed by atoms with Crippen LogP contribution in [0.1, 0.15) is 20.8 Å². The number of hydrogen-bond donors (Lipinski definition) is 0. The van der Waals surface area contributed by atoms with Gasteiger partial charge in [-0.2, -0.15) is 0 Å². The zero-order valence-electron chi connectivity index (χ0n) is 9.21. The van der Waals surface area contributed by atoms with Crippen molar-refractivity contribution in [3.63, 3.8) is 0 Å². The van der Waals surface area contributed by atoms with Crippen molar-refractivity contribution in [1.82, 2.24) is 0 Å². The fourth-order valence-corrected chi connectivity index (χ4v) is 1.20. The summed E-state index contributed by atoms with van der Waals surface area (Å²) in [6.45, 7) is 5.26. The quantitative estimate of drug-likeness (QED) is 0.559. The van der Waals surface area contributed by atoms with Crippen molar-refractivity contribution in [3.8, 4) is 5.75 Å². The maximum Gasteiger partial charge on any atom is 0.514 e. The molecule has 88 valence electrons. The number of benzene rings is 1. The SMILES string of the molecule is CC(C)(C)OC(=O)Oc1ccc(Cl)c(Cl)c1. The van der Waals surface area contributed by atoms with Crippen LogP contribution in [0.4, 0.5) is 4.79 Å². The summed E-state index contributed by atoms with van der Waals surface area (Å²) in [5.41, 5.74) is -0.590. The second-order valence-electron chi connectivity index (χ2n) is 4.14. The lowest BCUT2D eigenvalue weighted by Crippen LogP contribution is -2.25. The number of rotatable bonds is 1. The van der Waals surface area contributed by atoms with Gasteiger partial charge in [-0.05, 0) is 32.9 Å². The smallest absolute Gasteiger partial charge is 0.428 e. The van der Waals surface area contributed by atoms with Gasteiger partial charge in [0.1, 0.15) is 11.4 Å². The van der Waals surface area contributed by atoms with E-state index in [1.165, 1.54) is 12.1 Å². The van der Waals surface area contributed by atoms with Gasteiger partial charge in [0.25, 0.3) is 0 Å². The first-order valence-electron chi connectivity index (χ1n) is 4.64. The van der Waals surface area contributed by atoms with E-state index in [0.717, 1.165) is 0 Å². The molecule has 0 saturated heterocycles. The van der Waals surface area contributed by atoms with Gasteiger partial charge in [-0.3, -0.25) is 0 Å². The summed E-state index contributed by atoms with van der Waals surface area (Å²) < 4.78 is 9.90. The Morgan fingerprint density at radius 1 is 1.19 bits per heavy atom. The molecule has 0 aliphatic carbocycles. The Bertz CT molecular complexity index is 397. The Hall–Kier alpha value is -0.930. The van der Waals surface area contributed by atoms with E-state index in [1.54, 1.807) is 26.8 Å². The third kappa shape index (κ3) is 4.29. The highest BCUT2D eigenvalue weighted by Gasteiger charge is 2.18. The third-order valence-electron chi connectivity index (χ3n) is 1.48. The predicted molar refractivity (Wildman–Crippen MR) is 63.3 cm³/mol. The van der Waals surface area contributed by atoms with Gasteiger partial charge in [0.05, 0.1) is 10.0 Å². The minimum atomic E-state index is -0.772. The van der Waals surface area contributed by atoms with E-state index in [0.29, 0.717) is 15.8 Å². The fraction of sp³-hybridized carbons (Fsp3) is 0.364. The normalized spacial score (nSPS) is 11.1. The summed E-state index contributed by atoms with van der Waals surface area (Å²) in [5.74, 6) is 0.295. The van der Waals surface area contributed by atoms with Crippen molar-refractivity contribution >= 4 is 29.4 Å². The number of ether oxygens (including phenoxy) is 2. The number of carbonyl (C=O) groups excluding carboxylic acids is 1. The van der Waals surface area contributed by atoms with E-state index in [1.807, 2.05) is 0 Å². The van der Waals surface area contributed by atoms with Gasteiger partial charge in [-0.25, -0.2) is 4.79 Å². The van der Waals surface area contributed by atoms with Gasteiger partial charge in [0.15, 0.2) is 0 Å². The molecule has 0 fully saturated rings.